The highest BCUT2D eigenvalue weighted by atomic mass is 32.1. The minimum Gasteiger partial charge on any atom is -0.355 e. The molecule has 40 heavy (non-hydrogen) atoms. The number of pyridine rings is 2. The van der Waals surface area contributed by atoms with Crippen LogP contribution in [0, 0.1) is 6.92 Å². The Hall–Kier alpha value is -3.89. The number of para-hydroxylation sites is 1. The molecule has 1 N–H and O–H groups in total. The van der Waals surface area contributed by atoms with E-state index in [9.17, 15) is 4.79 Å². The molecule has 0 spiro atoms. The molecular formula is C30H34N8OS. The number of aromatic nitrogens is 4. The number of anilines is 1. The van der Waals surface area contributed by atoms with Gasteiger partial charge in [-0.05, 0) is 57.6 Å². The van der Waals surface area contributed by atoms with E-state index < -0.39 is 0 Å². The van der Waals surface area contributed by atoms with Crippen LogP contribution in [0.4, 0.5) is 5.82 Å². The molecule has 0 unspecified atom stereocenters. The van der Waals surface area contributed by atoms with Crippen LogP contribution in [-0.2, 0) is 6.54 Å². The summed E-state index contributed by atoms with van der Waals surface area (Å²) in [5.41, 5.74) is 3.99. The Balaban J connectivity index is 1.55. The van der Waals surface area contributed by atoms with E-state index in [2.05, 4.69) is 67.7 Å². The Morgan fingerprint density at radius 1 is 1.07 bits per heavy atom. The van der Waals surface area contributed by atoms with Crippen LogP contribution >= 0.6 is 11.3 Å². The van der Waals surface area contributed by atoms with Gasteiger partial charge in [-0.1, -0.05) is 19.1 Å². The molecule has 206 valence electrons. The zero-order chi connectivity index (χ0) is 27.6. The molecule has 1 fully saturated rings. The largest absolute Gasteiger partial charge is 0.355 e. The number of thiazole rings is 1. The molecule has 10 heteroatoms. The van der Waals surface area contributed by atoms with Crippen molar-refractivity contribution in [1.29, 1.82) is 0 Å². The molecule has 5 aromatic rings. The second kappa shape index (κ2) is 11.3. The molecule has 0 saturated carbocycles. The van der Waals surface area contributed by atoms with Crippen molar-refractivity contribution in [1.82, 2.24) is 29.6 Å². The monoisotopic (exact) mass is 554 g/mol. The second-order valence-corrected chi connectivity index (χ2v) is 11.4. The van der Waals surface area contributed by atoms with Crippen LogP contribution in [0.3, 0.4) is 0 Å². The maximum atomic E-state index is 13.9. The van der Waals surface area contributed by atoms with Gasteiger partial charge in [-0.2, -0.15) is 0 Å². The van der Waals surface area contributed by atoms with E-state index in [0.29, 0.717) is 23.2 Å². The van der Waals surface area contributed by atoms with Gasteiger partial charge >= 0.3 is 0 Å². The summed E-state index contributed by atoms with van der Waals surface area (Å²) >= 11 is 1.60. The molecule has 0 atom stereocenters. The van der Waals surface area contributed by atoms with Gasteiger partial charge in [0.25, 0.3) is 5.91 Å². The fourth-order valence-electron chi connectivity index (χ4n) is 5.20. The maximum Gasteiger partial charge on any atom is 0.256 e. The Bertz CT molecular complexity index is 1760. The van der Waals surface area contributed by atoms with Gasteiger partial charge in [0.05, 0.1) is 45.3 Å². The average molecular weight is 555 g/mol. The van der Waals surface area contributed by atoms with Gasteiger partial charge in [-0.3, -0.25) is 24.2 Å². The fourth-order valence-corrected chi connectivity index (χ4v) is 6.39. The lowest BCUT2D eigenvalue weighted by Gasteiger charge is -2.22. The number of hydrogen-bond acceptors (Lipinski definition) is 8. The van der Waals surface area contributed by atoms with Gasteiger partial charge in [-0.15, -0.1) is 11.3 Å². The summed E-state index contributed by atoms with van der Waals surface area (Å²) in [5.74, 6) is 0.784. The third-order valence-electron chi connectivity index (χ3n) is 7.32. The number of likely N-dealkylation sites (N-methyl/N-ethyl adjacent to an activating group) is 1. The maximum absolute atomic E-state index is 13.9. The topological polar surface area (TPSA) is 91.0 Å². The third-order valence-corrected chi connectivity index (χ3v) is 8.47. The number of carbonyl (C=O) groups is 1. The molecule has 1 amide bonds. The predicted octanol–water partition coefficient (Wildman–Crippen LogP) is 4.18. The van der Waals surface area contributed by atoms with Gasteiger partial charge in [0.15, 0.2) is 0 Å². The average Bonchev–Trinajstić information content (AvgIpc) is 3.22. The Morgan fingerprint density at radius 3 is 2.77 bits per heavy atom. The number of rotatable bonds is 6. The molecule has 1 saturated heterocycles. The van der Waals surface area contributed by atoms with Crippen molar-refractivity contribution in [3.05, 3.63) is 71.1 Å². The van der Waals surface area contributed by atoms with Crippen LogP contribution in [0.15, 0.2) is 53.8 Å². The summed E-state index contributed by atoms with van der Waals surface area (Å²) in [7, 11) is 2.17. The van der Waals surface area contributed by atoms with E-state index in [1.54, 1.807) is 23.7 Å². The van der Waals surface area contributed by atoms with Crippen molar-refractivity contribution in [2.45, 2.75) is 33.2 Å². The Labute approximate surface area is 237 Å². The highest BCUT2D eigenvalue weighted by Crippen LogP contribution is 2.31. The van der Waals surface area contributed by atoms with Crippen molar-refractivity contribution >= 4 is 49.1 Å². The van der Waals surface area contributed by atoms with Crippen molar-refractivity contribution in [2.24, 2.45) is 4.99 Å². The van der Waals surface area contributed by atoms with Crippen molar-refractivity contribution in [2.75, 3.05) is 44.7 Å². The molecule has 9 nitrogen and oxygen atoms in total. The summed E-state index contributed by atoms with van der Waals surface area (Å²) in [4.78, 5) is 38.5. The number of aryl methyl sites for hydroxylation is 1. The molecular weight excluding hydrogens is 520 g/mol. The predicted molar refractivity (Wildman–Crippen MR) is 161 cm³/mol. The zero-order valence-electron chi connectivity index (χ0n) is 23.2. The van der Waals surface area contributed by atoms with Gasteiger partial charge in [0.2, 0.25) is 0 Å². The van der Waals surface area contributed by atoms with Crippen LogP contribution in [0.2, 0.25) is 0 Å². The van der Waals surface area contributed by atoms with Crippen LogP contribution in [0.5, 0.6) is 0 Å². The van der Waals surface area contributed by atoms with Gasteiger partial charge in [0, 0.05) is 37.8 Å². The van der Waals surface area contributed by atoms with Gasteiger partial charge < -0.3 is 15.1 Å². The van der Waals surface area contributed by atoms with Gasteiger partial charge in [0.1, 0.15) is 16.3 Å². The summed E-state index contributed by atoms with van der Waals surface area (Å²) < 4.78 is 3.24. The number of carbonyl (C=O) groups excluding carboxylic acids is 1. The Kier molecular flexibility index (Phi) is 7.44. The minimum atomic E-state index is -0.178. The van der Waals surface area contributed by atoms with Crippen LogP contribution in [-0.4, -0.2) is 69.9 Å². The summed E-state index contributed by atoms with van der Waals surface area (Å²) in [6.07, 6.45) is 5.40. The van der Waals surface area contributed by atoms with Crippen LogP contribution in [0.25, 0.3) is 26.1 Å². The first-order valence-electron chi connectivity index (χ1n) is 13.9. The molecule has 5 heterocycles. The molecule has 1 aliphatic heterocycles. The first-order valence-corrected chi connectivity index (χ1v) is 14.7. The standard InChI is InChI=1S/C30H34N8OS/c1-4-12-31-27-22-10-11-25(37-14-7-13-36(3)15-16-37)35-28(22)38-23-8-5-6-9-24(23)40-30(38)26(27)29(39)34-19-21-18-32-20(2)17-33-21/h5-6,8-11,17-18H,4,7,12-16,19H2,1-3H3,(H,34,39). The minimum absolute atomic E-state index is 0.178. The highest BCUT2D eigenvalue weighted by molar-refractivity contribution is 7.24. The summed E-state index contributed by atoms with van der Waals surface area (Å²) in [6, 6.07) is 12.4. The quantitative estimate of drug-likeness (QED) is 0.339. The van der Waals surface area contributed by atoms with Crippen LogP contribution in [0.1, 0.15) is 41.5 Å². The highest BCUT2D eigenvalue weighted by Gasteiger charge is 2.23. The van der Waals surface area contributed by atoms with Crippen LogP contribution < -0.4 is 15.6 Å². The van der Waals surface area contributed by atoms with Crippen molar-refractivity contribution in [3.8, 4) is 0 Å². The molecule has 6 rings (SSSR count). The van der Waals surface area contributed by atoms with E-state index in [0.717, 1.165) is 76.6 Å². The van der Waals surface area contributed by atoms with E-state index in [-0.39, 0.29) is 12.5 Å². The van der Waals surface area contributed by atoms with E-state index in [1.165, 1.54) is 0 Å². The molecule has 0 radical (unpaired) electrons. The first kappa shape index (κ1) is 26.3. The molecule has 4 aromatic heterocycles. The van der Waals surface area contributed by atoms with Gasteiger partial charge in [-0.25, -0.2) is 4.98 Å². The number of fused-ring (bicyclic) bond motifs is 5. The molecule has 1 aromatic carbocycles. The lowest BCUT2D eigenvalue weighted by Crippen LogP contribution is -2.31. The van der Waals surface area contributed by atoms with Crippen molar-refractivity contribution < 1.29 is 4.79 Å². The van der Waals surface area contributed by atoms with E-state index >= 15 is 0 Å². The number of nitrogens with one attached hydrogen (secondary N) is 1. The number of amides is 1. The first-order chi connectivity index (χ1) is 19.5. The lowest BCUT2D eigenvalue weighted by atomic mass is 10.1. The number of hydrogen-bond donors (Lipinski definition) is 1. The number of benzene rings is 1. The van der Waals surface area contributed by atoms with Crippen molar-refractivity contribution in [3.63, 3.8) is 0 Å². The second-order valence-electron chi connectivity index (χ2n) is 10.3. The lowest BCUT2D eigenvalue weighted by molar-refractivity contribution is 0.0950. The smallest absolute Gasteiger partial charge is 0.256 e. The SMILES string of the molecule is CCCN=c1c(C(=O)NCc2cnc(C)cn2)c2sc3ccccc3n2c2nc(N3CCCN(C)CC3)ccc12. The number of nitrogens with zero attached hydrogens (tertiary/aromatic N) is 7. The Morgan fingerprint density at radius 2 is 1.95 bits per heavy atom. The summed E-state index contributed by atoms with van der Waals surface area (Å²) in [6.45, 7) is 8.90. The zero-order valence-corrected chi connectivity index (χ0v) is 24.0. The molecule has 1 aliphatic rings. The normalized spacial score (nSPS) is 15.3. The van der Waals surface area contributed by atoms with E-state index in [4.69, 9.17) is 9.98 Å². The third kappa shape index (κ3) is 5.04. The van der Waals surface area contributed by atoms with E-state index in [1.807, 2.05) is 19.1 Å². The summed E-state index contributed by atoms with van der Waals surface area (Å²) in [5, 5.41) is 4.67. The fraction of sp³-hybridized carbons (Fsp3) is 0.367. The molecule has 0 aliphatic carbocycles. The molecule has 0 bridgehead atoms.